The minimum absolute atomic E-state index is 0.0492. The molecule has 1 nitrogen and oxygen atoms in total. The first kappa shape index (κ1) is 13.1. The molecule has 2 aliphatic carbocycles. The molecule has 0 saturated heterocycles. The van der Waals surface area contributed by atoms with E-state index in [-0.39, 0.29) is 5.82 Å². The number of aryl methyl sites for hydroxylation is 2. The van der Waals surface area contributed by atoms with Gasteiger partial charge in [-0.2, -0.15) is 0 Å². The zero-order valence-corrected chi connectivity index (χ0v) is 12.2. The van der Waals surface area contributed by atoms with Gasteiger partial charge in [0.2, 0.25) is 0 Å². The zero-order valence-electron chi connectivity index (χ0n) is 12.2. The summed E-state index contributed by atoms with van der Waals surface area (Å²) in [5.74, 6) is 2.55. The van der Waals surface area contributed by atoms with Gasteiger partial charge >= 0.3 is 0 Å². The second kappa shape index (κ2) is 4.90. The number of nitrogens with one attached hydrogen (secondary N) is 1. The van der Waals surface area contributed by atoms with Crippen LogP contribution in [-0.4, -0.2) is 7.05 Å². The highest BCUT2D eigenvalue weighted by Gasteiger charge is 2.54. The van der Waals surface area contributed by atoms with Crippen LogP contribution in [0.3, 0.4) is 0 Å². The minimum Gasteiger partial charge on any atom is -0.313 e. The van der Waals surface area contributed by atoms with E-state index in [0.29, 0.717) is 6.04 Å². The van der Waals surface area contributed by atoms with Crippen molar-refractivity contribution in [1.29, 1.82) is 0 Å². The summed E-state index contributed by atoms with van der Waals surface area (Å²) in [4.78, 5) is 0. The Morgan fingerprint density at radius 2 is 1.63 bits per heavy atom. The highest BCUT2D eigenvalue weighted by atomic mass is 19.1. The average Bonchev–Trinajstić information content (AvgIpc) is 3.11. The Kier molecular flexibility index (Phi) is 3.38. The minimum atomic E-state index is -0.0492. The van der Waals surface area contributed by atoms with Crippen LogP contribution in [0.5, 0.6) is 0 Å². The number of hydrogen-bond donors (Lipinski definition) is 1. The van der Waals surface area contributed by atoms with E-state index < -0.39 is 0 Å². The van der Waals surface area contributed by atoms with Gasteiger partial charge < -0.3 is 5.32 Å². The first-order valence-corrected chi connectivity index (χ1v) is 7.57. The normalized spacial score (nSPS) is 30.8. The molecule has 0 aliphatic heterocycles. The molecule has 1 aromatic carbocycles. The summed E-state index contributed by atoms with van der Waals surface area (Å²) >= 11 is 0. The molecule has 1 N–H and O–H groups in total. The maximum absolute atomic E-state index is 13.8. The van der Waals surface area contributed by atoms with Gasteiger partial charge in [0.25, 0.3) is 0 Å². The monoisotopic (exact) mass is 261 g/mol. The van der Waals surface area contributed by atoms with E-state index in [9.17, 15) is 4.39 Å². The molecule has 0 amide bonds. The molecule has 3 unspecified atom stereocenters. The van der Waals surface area contributed by atoms with Gasteiger partial charge in [-0.3, -0.25) is 0 Å². The van der Waals surface area contributed by atoms with Crippen LogP contribution in [-0.2, 0) is 0 Å². The third kappa shape index (κ3) is 2.20. The van der Waals surface area contributed by atoms with Crippen molar-refractivity contribution < 1.29 is 4.39 Å². The molecule has 2 aliphatic rings. The van der Waals surface area contributed by atoms with E-state index in [1.807, 2.05) is 33.0 Å². The SMILES string of the molecule is CNC(c1cc(C)c(F)c(C)c1)C1C2CCCCC21. The number of halogens is 1. The van der Waals surface area contributed by atoms with Gasteiger partial charge in [-0.15, -0.1) is 0 Å². The van der Waals surface area contributed by atoms with Crippen LogP contribution in [0.4, 0.5) is 4.39 Å². The van der Waals surface area contributed by atoms with Crippen molar-refractivity contribution in [1.82, 2.24) is 5.32 Å². The Balaban J connectivity index is 1.87. The number of fused-ring (bicyclic) bond motifs is 1. The fourth-order valence-corrected chi connectivity index (χ4v) is 4.28. The van der Waals surface area contributed by atoms with Crippen LogP contribution in [0, 0.1) is 37.4 Å². The summed E-state index contributed by atoms with van der Waals surface area (Å²) in [7, 11) is 2.04. The van der Waals surface area contributed by atoms with Crippen molar-refractivity contribution >= 4 is 0 Å². The van der Waals surface area contributed by atoms with E-state index in [0.717, 1.165) is 28.9 Å². The molecular weight excluding hydrogens is 237 g/mol. The van der Waals surface area contributed by atoms with E-state index in [2.05, 4.69) is 5.32 Å². The second-order valence-corrected chi connectivity index (χ2v) is 6.42. The lowest BCUT2D eigenvalue weighted by atomic mass is 9.96. The number of benzene rings is 1. The van der Waals surface area contributed by atoms with Crippen LogP contribution in [0.2, 0.25) is 0 Å². The van der Waals surface area contributed by atoms with Gasteiger partial charge in [-0.1, -0.05) is 25.0 Å². The third-order valence-electron chi connectivity index (χ3n) is 5.24. The molecule has 2 heteroatoms. The molecule has 3 rings (SSSR count). The fraction of sp³-hybridized carbons (Fsp3) is 0.647. The van der Waals surface area contributed by atoms with Gasteiger partial charge in [0.1, 0.15) is 5.82 Å². The van der Waals surface area contributed by atoms with Crippen molar-refractivity contribution in [2.75, 3.05) is 7.05 Å². The number of hydrogen-bond acceptors (Lipinski definition) is 1. The predicted octanol–water partition coefficient (Wildman–Crippen LogP) is 4.14. The molecule has 1 aromatic rings. The van der Waals surface area contributed by atoms with Crippen molar-refractivity contribution in [3.05, 3.63) is 34.6 Å². The summed E-state index contributed by atoms with van der Waals surface area (Å²) < 4.78 is 13.8. The van der Waals surface area contributed by atoms with Crippen molar-refractivity contribution in [3.8, 4) is 0 Å². The van der Waals surface area contributed by atoms with Gasteiger partial charge in [-0.25, -0.2) is 4.39 Å². The van der Waals surface area contributed by atoms with E-state index in [1.165, 1.54) is 31.2 Å². The quantitative estimate of drug-likeness (QED) is 0.862. The van der Waals surface area contributed by atoms with Crippen molar-refractivity contribution in [2.45, 2.75) is 45.6 Å². The average molecular weight is 261 g/mol. The highest BCUT2D eigenvalue weighted by molar-refractivity contribution is 5.34. The maximum Gasteiger partial charge on any atom is 0.129 e. The van der Waals surface area contributed by atoms with E-state index >= 15 is 0 Å². The van der Waals surface area contributed by atoms with E-state index in [1.54, 1.807) is 0 Å². The Labute approximate surface area is 115 Å². The van der Waals surface area contributed by atoms with Crippen LogP contribution in [0.1, 0.15) is 48.4 Å². The predicted molar refractivity (Wildman–Crippen MR) is 76.6 cm³/mol. The molecule has 0 aromatic heterocycles. The molecule has 0 heterocycles. The first-order chi connectivity index (χ1) is 9.13. The summed E-state index contributed by atoms with van der Waals surface area (Å²) in [5.41, 5.74) is 2.83. The Morgan fingerprint density at radius 1 is 1.11 bits per heavy atom. The number of rotatable bonds is 3. The van der Waals surface area contributed by atoms with Gasteiger partial charge in [0, 0.05) is 6.04 Å². The molecule has 2 fully saturated rings. The second-order valence-electron chi connectivity index (χ2n) is 6.42. The Hall–Kier alpha value is -0.890. The lowest BCUT2D eigenvalue weighted by Gasteiger charge is -2.19. The zero-order chi connectivity index (χ0) is 13.6. The van der Waals surface area contributed by atoms with Gasteiger partial charge in [0.15, 0.2) is 0 Å². The van der Waals surface area contributed by atoms with Crippen LogP contribution >= 0.6 is 0 Å². The molecule has 2 saturated carbocycles. The maximum atomic E-state index is 13.8. The molecule has 0 radical (unpaired) electrons. The highest BCUT2D eigenvalue weighted by Crippen LogP contribution is 2.60. The Bertz CT molecular complexity index is 447. The van der Waals surface area contributed by atoms with Crippen LogP contribution in [0.15, 0.2) is 12.1 Å². The smallest absolute Gasteiger partial charge is 0.129 e. The van der Waals surface area contributed by atoms with E-state index in [4.69, 9.17) is 0 Å². The summed E-state index contributed by atoms with van der Waals surface area (Å²) in [6.45, 7) is 3.75. The third-order valence-corrected chi connectivity index (χ3v) is 5.24. The largest absolute Gasteiger partial charge is 0.313 e. The lowest BCUT2D eigenvalue weighted by molar-refractivity contribution is 0.480. The molecule has 3 atom stereocenters. The Morgan fingerprint density at radius 3 is 2.11 bits per heavy atom. The van der Waals surface area contributed by atoms with Crippen molar-refractivity contribution in [2.24, 2.45) is 17.8 Å². The molecule has 19 heavy (non-hydrogen) atoms. The lowest BCUT2D eigenvalue weighted by Crippen LogP contribution is -2.20. The molecule has 0 bridgehead atoms. The standard InChI is InChI=1S/C17H24FN/c1-10-8-12(9-11(2)16(10)18)17(19-3)15-13-6-4-5-7-14(13)15/h8-9,13-15,17,19H,4-7H2,1-3H3. The van der Waals surface area contributed by atoms with Gasteiger partial charge in [0.05, 0.1) is 0 Å². The van der Waals surface area contributed by atoms with Crippen LogP contribution < -0.4 is 5.32 Å². The summed E-state index contributed by atoms with van der Waals surface area (Å²) in [6, 6.07) is 4.48. The molecule has 0 spiro atoms. The van der Waals surface area contributed by atoms with Crippen molar-refractivity contribution in [3.63, 3.8) is 0 Å². The fourth-order valence-electron chi connectivity index (χ4n) is 4.28. The molecule has 104 valence electrons. The van der Waals surface area contributed by atoms with Crippen LogP contribution in [0.25, 0.3) is 0 Å². The first-order valence-electron chi connectivity index (χ1n) is 7.57. The molecular formula is C17H24FN. The van der Waals surface area contributed by atoms with Gasteiger partial charge in [-0.05, 0) is 68.2 Å². The topological polar surface area (TPSA) is 12.0 Å². The summed E-state index contributed by atoms with van der Waals surface area (Å²) in [6.07, 6.45) is 5.59. The summed E-state index contributed by atoms with van der Waals surface area (Å²) in [5, 5.41) is 3.49.